The summed E-state index contributed by atoms with van der Waals surface area (Å²) in [4.78, 5) is 4.25. The first-order valence-electron chi connectivity index (χ1n) is 9.83. The fraction of sp³-hybridized carbons (Fsp3) is 0.667. The second-order valence-electron chi connectivity index (χ2n) is 7.25. The van der Waals surface area contributed by atoms with Crippen LogP contribution < -0.4 is 15.4 Å². The largest absolute Gasteiger partial charge is 0.488 e. The van der Waals surface area contributed by atoms with Gasteiger partial charge < -0.3 is 24.8 Å². The number of para-hydroxylation sites is 1. The molecule has 0 heterocycles. The molecule has 1 aromatic carbocycles. The SMILES string of the molecule is CCCCOCCOCCNC(=NC)NCc1ccccc1OC(C)(C)C. The lowest BCUT2D eigenvalue weighted by Gasteiger charge is -2.23. The van der Waals surface area contributed by atoms with E-state index < -0.39 is 0 Å². The number of hydrogen-bond donors (Lipinski definition) is 2. The quantitative estimate of drug-likeness (QED) is 0.331. The molecule has 0 saturated heterocycles. The highest BCUT2D eigenvalue weighted by atomic mass is 16.5. The zero-order valence-corrected chi connectivity index (χ0v) is 17.6. The molecule has 0 bridgehead atoms. The number of benzene rings is 1. The van der Waals surface area contributed by atoms with Gasteiger partial charge in [0.25, 0.3) is 0 Å². The van der Waals surface area contributed by atoms with Crippen LogP contribution in [-0.4, -0.2) is 51.6 Å². The minimum atomic E-state index is -0.229. The monoisotopic (exact) mass is 379 g/mol. The Bertz CT molecular complexity index is 542. The summed E-state index contributed by atoms with van der Waals surface area (Å²) >= 11 is 0. The molecule has 1 rings (SSSR count). The Balaban J connectivity index is 2.27. The molecule has 6 nitrogen and oxygen atoms in total. The first kappa shape index (κ1) is 23.2. The maximum atomic E-state index is 6.03. The highest BCUT2D eigenvalue weighted by Crippen LogP contribution is 2.22. The number of nitrogens with one attached hydrogen (secondary N) is 2. The third-order valence-electron chi connectivity index (χ3n) is 3.61. The second kappa shape index (κ2) is 13.4. The van der Waals surface area contributed by atoms with Gasteiger partial charge >= 0.3 is 0 Å². The van der Waals surface area contributed by atoms with E-state index in [2.05, 4.69) is 28.6 Å². The molecule has 0 unspecified atom stereocenters. The molecule has 0 amide bonds. The van der Waals surface area contributed by atoms with Crippen LogP contribution in [0.25, 0.3) is 0 Å². The maximum absolute atomic E-state index is 6.03. The highest BCUT2D eigenvalue weighted by molar-refractivity contribution is 5.79. The number of rotatable bonds is 12. The number of ether oxygens (including phenoxy) is 3. The van der Waals surface area contributed by atoms with Gasteiger partial charge in [-0.3, -0.25) is 4.99 Å². The number of hydrogen-bond acceptors (Lipinski definition) is 4. The predicted octanol–water partition coefficient (Wildman–Crippen LogP) is 3.36. The maximum Gasteiger partial charge on any atom is 0.191 e. The van der Waals surface area contributed by atoms with Crippen LogP contribution in [-0.2, 0) is 16.0 Å². The molecule has 0 fully saturated rings. The molecule has 0 spiro atoms. The molecular formula is C21H37N3O3. The van der Waals surface area contributed by atoms with E-state index in [9.17, 15) is 0 Å². The van der Waals surface area contributed by atoms with Gasteiger partial charge in [-0.05, 0) is 33.3 Å². The van der Waals surface area contributed by atoms with Crippen molar-refractivity contribution < 1.29 is 14.2 Å². The van der Waals surface area contributed by atoms with Crippen molar-refractivity contribution in [2.75, 3.05) is 40.0 Å². The summed E-state index contributed by atoms with van der Waals surface area (Å²) in [7, 11) is 1.76. The van der Waals surface area contributed by atoms with Crippen molar-refractivity contribution in [3.05, 3.63) is 29.8 Å². The normalized spacial score (nSPS) is 12.1. The Hall–Kier alpha value is -1.79. The Morgan fingerprint density at radius 3 is 2.37 bits per heavy atom. The molecule has 0 saturated carbocycles. The van der Waals surface area contributed by atoms with Gasteiger partial charge in [-0.2, -0.15) is 0 Å². The molecule has 2 N–H and O–H groups in total. The van der Waals surface area contributed by atoms with Crippen LogP contribution >= 0.6 is 0 Å². The third-order valence-corrected chi connectivity index (χ3v) is 3.61. The van der Waals surface area contributed by atoms with Gasteiger partial charge in [-0.15, -0.1) is 0 Å². The van der Waals surface area contributed by atoms with Gasteiger partial charge in [-0.25, -0.2) is 0 Å². The van der Waals surface area contributed by atoms with Crippen molar-refractivity contribution in [3.8, 4) is 5.75 Å². The summed E-state index contributed by atoms with van der Waals surface area (Å²) in [6, 6.07) is 8.05. The molecule has 0 radical (unpaired) electrons. The van der Waals surface area contributed by atoms with E-state index in [1.165, 1.54) is 0 Å². The van der Waals surface area contributed by atoms with E-state index in [1.807, 2.05) is 39.0 Å². The van der Waals surface area contributed by atoms with Crippen molar-refractivity contribution in [3.63, 3.8) is 0 Å². The third kappa shape index (κ3) is 11.5. The summed E-state index contributed by atoms with van der Waals surface area (Å²) in [5.41, 5.74) is 0.865. The summed E-state index contributed by atoms with van der Waals surface area (Å²) in [6.45, 7) is 12.3. The summed E-state index contributed by atoms with van der Waals surface area (Å²) in [5, 5.41) is 6.57. The molecule has 1 aromatic rings. The van der Waals surface area contributed by atoms with Crippen LogP contribution in [0.2, 0.25) is 0 Å². The number of aliphatic imine (C=N–C) groups is 1. The van der Waals surface area contributed by atoms with Gasteiger partial charge in [0.15, 0.2) is 5.96 Å². The van der Waals surface area contributed by atoms with Crippen molar-refractivity contribution in [2.24, 2.45) is 4.99 Å². The van der Waals surface area contributed by atoms with Crippen molar-refractivity contribution in [1.82, 2.24) is 10.6 Å². The highest BCUT2D eigenvalue weighted by Gasteiger charge is 2.14. The zero-order valence-electron chi connectivity index (χ0n) is 17.6. The minimum absolute atomic E-state index is 0.229. The van der Waals surface area contributed by atoms with E-state index >= 15 is 0 Å². The lowest BCUT2D eigenvalue weighted by atomic mass is 10.1. The van der Waals surface area contributed by atoms with Crippen LogP contribution in [0.4, 0.5) is 0 Å². The van der Waals surface area contributed by atoms with E-state index in [1.54, 1.807) is 7.05 Å². The molecule has 0 aliphatic heterocycles. The van der Waals surface area contributed by atoms with Crippen molar-refractivity contribution in [1.29, 1.82) is 0 Å². The summed E-state index contributed by atoms with van der Waals surface area (Å²) in [6.07, 6.45) is 2.26. The van der Waals surface area contributed by atoms with Crippen LogP contribution in [0.3, 0.4) is 0 Å². The average Bonchev–Trinajstić information content (AvgIpc) is 2.62. The second-order valence-corrected chi connectivity index (χ2v) is 7.25. The van der Waals surface area contributed by atoms with E-state index in [0.717, 1.165) is 36.7 Å². The average molecular weight is 380 g/mol. The molecule has 0 aliphatic rings. The Kier molecular flexibility index (Phi) is 11.5. The Labute approximate surface area is 164 Å². The minimum Gasteiger partial charge on any atom is -0.488 e. The molecule has 154 valence electrons. The van der Waals surface area contributed by atoms with Crippen LogP contribution in [0.1, 0.15) is 46.1 Å². The van der Waals surface area contributed by atoms with Crippen LogP contribution in [0, 0.1) is 0 Å². The van der Waals surface area contributed by atoms with E-state index in [4.69, 9.17) is 14.2 Å². The smallest absolute Gasteiger partial charge is 0.191 e. The van der Waals surface area contributed by atoms with Crippen molar-refractivity contribution >= 4 is 5.96 Å². The van der Waals surface area contributed by atoms with E-state index in [-0.39, 0.29) is 5.60 Å². The van der Waals surface area contributed by atoms with Crippen LogP contribution in [0.15, 0.2) is 29.3 Å². The molecule has 6 heteroatoms. The lowest BCUT2D eigenvalue weighted by molar-refractivity contribution is 0.0487. The zero-order chi connectivity index (χ0) is 20.0. The van der Waals surface area contributed by atoms with Gasteiger partial charge in [0.1, 0.15) is 11.4 Å². The summed E-state index contributed by atoms with van der Waals surface area (Å²) in [5.74, 6) is 1.63. The first-order valence-corrected chi connectivity index (χ1v) is 9.83. The number of nitrogens with zero attached hydrogens (tertiary/aromatic N) is 1. The predicted molar refractivity (Wildman–Crippen MR) is 112 cm³/mol. The standard InChI is InChI=1S/C21H37N3O3/c1-6-7-13-25-15-16-26-14-12-23-20(22-5)24-17-18-10-8-9-11-19(18)27-21(2,3)4/h8-11H,6-7,12-17H2,1-5H3,(H2,22,23,24). The van der Waals surface area contributed by atoms with Gasteiger partial charge in [0.2, 0.25) is 0 Å². The van der Waals surface area contributed by atoms with E-state index in [0.29, 0.717) is 32.9 Å². The lowest BCUT2D eigenvalue weighted by Crippen LogP contribution is -2.38. The van der Waals surface area contributed by atoms with Gasteiger partial charge in [0, 0.05) is 32.3 Å². The molecule has 27 heavy (non-hydrogen) atoms. The fourth-order valence-electron chi connectivity index (χ4n) is 2.29. The molecule has 0 aromatic heterocycles. The summed E-state index contributed by atoms with van der Waals surface area (Å²) < 4.78 is 17.0. The number of guanidine groups is 1. The number of unbranched alkanes of at least 4 members (excludes halogenated alkanes) is 1. The Morgan fingerprint density at radius 2 is 1.70 bits per heavy atom. The molecule has 0 aliphatic carbocycles. The fourth-order valence-corrected chi connectivity index (χ4v) is 2.29. The molecule has 0 atom stereocenters. The Morgan fingerprint density at radius 1 is 1.00 bits per heavy atom. The first-order chi connectivity index (χ1) is 13.0. The van der Waals surface area contributed by atoms with Crippen LogP contribution in [0.5, 0.6) is 5.75 Å². The van der Waals surface area contributed by atoms with Gasteiger partial charge in [-0.1, -0.05) is 31.5 Å². The topological polar surface area (TPSA) is 64.1 Å². The van der Waals surface area contributed by atoms with Gasteiger partial charge in [0.05, 0.1) is 19.8 Å². The van der Waals surface area contributed by atoms with Crippen molar-refractivity contribution in [2.45, 2.75) is 52.7 Å². The molecular weight excluding hydrogens is 342 g/mol.